The molecule has 0 radical (unpaired) electrons. The van der Waals surface area contributed by atoms with E-state index in [4.69, 9.17) is 0 Å². The second-order valence-electron chi connectivity index (χ2n) is 3.81. The summed E-state index contributed by atoms with van der Waals surface area (Å²) in [5.41, 5.74) is 2.23. The van der Waals surface area contributed by atoms with Gasteiger partial charge in [-0.1, -0.05) is 67.3 Å². The van der Waals surface area contributed by atoms with Gasteiger partial charge in [0.05, 0.1) is 5.52 Å². The molecule has 1 heterocycles. The van der Waals surface area contributed by atoms with Crippen LogP contribution in [0.2, 0.25) is 0 Å². The molecule has 18 heavy (non-hydrogen) atoms. The lowest BCUT2D eigenvalue weighted by Crippen LogP contribution is -1.73. The first-order valence-electron chi connectivity index (χ1n) is 5.87. The minimum absolute atomic E-state index is 1.06. The number of fused-ring (bicyclic) bond motifs is 1. The molecule has 3 aromatic rings. The van der Waals surface area contributed by atoms with Gasteiger partial charge in [0, 0.05) is 11.6 Å². The predicted octanol–water partition coefficient (Wildman–Crippen LogP) is 4.56. The van der Waals surface area contributed by atoms with Crippen LogP contribution >= 0.6 is 0 Å². The van der Waals surface area contributed by atoms with Gasteiger partial charge < -0.3 is 0 Å². The number of aromatic nitrogens is 1. The Labute approximate surface area is 107 Å². The fraction of sp³-hybridized carbons (Fsp3) is 0. The fourth-order valence-corrected chi connectivity index (χ4v) is 1.61. The molecule has 0 aliphatic heterocycles. The molecule has 0 N–H and O–H groups in total. The quantitative estimate of drug-likeness (QED) is 0.600. The molecule has 1 nitrogen and oxygen atoms in total. The third-order valence-electron chi connectivity index (χ3n) is 2.55. The summed E-state index contributed by atoms with van der Waals surface area (Å²) in [5.74, 6) is 0. The highest BCUT2D eigenvalue weighted by molar-refractivity contribution is 5.77. The number of rotatable bonds is 1. The zero-order chi connectivity index (χ0) is 12.6. The average molecular weight is 233 g/mol. The maximum absolute atomic E-state index is 4.18. The lowest BCUT2D eigenvalue weighted by molar-refractivity contribution is 1.41. The molecule has 0 bridgehead atoms. The zero-order valence-electron chi connectivity index (χ0n) is 10.2. The number of para-hydroxylation sites is 1. The van der Waals surface area contributed by atoms with Crippen molar-refractivity contribution in [3.8, 4) is 0 Å². The van der Waals surface area contributed by atoms with Crippen molar-refractivity contribution in [2.45, 2.75) is 0 Å². The number of benzene rings is 2. The van der Waals surface area contributed by atoms with Crippen molar-refractivity contribution in [1.29, 1.82) is 0 Å². The fourth-order valence-electron chi connectivity index (χ4n) is 1.61. The zero-order valence-corrected chi connectivity index (χ0v) is 10.2. The Hall–Kier alpha value is -2.41. The summed E-state index contributed by atoms with van der Waals surface area (Å²) in [6, 6.07) is 22.1. The second kappa shape index (κ2) is 6.36. The molecule has 0 aliphatic carbocycles. The molecule has 2 aromatic carbocycles. The molecular weight excluding hydrogens is 218 g/mol. The monoisotopic (exact) mass is 233 g/mol. The van der Waals surface area contributed by atoms with Gasteiger partial charge in [-0.25, -0.2) is 0 Å². The predicted molar refractivity (Wildman–Crippen MR) is 78.3 cm³/mol. The van der Waals surface area contributed by atoms with Crippen molar-refractivity contribution in [2.75, 3.05) is 0 Å². The number of hydrogen-bond donors (Lipinski definition) is 0. The van der Waals surface area contributed by atoms with E-state index in [-0.39, 0.29) is 0 Å². The van der Waals surface area contributed by atoms with Crippen LogP contribution in [0.3, 0.4) is 0 Å². The largest absolute Gasteiger partial charge is 0.256 e. The van der Waals surface area contributed by atoms with Crippen LogP contribution in [-0.2, 0) is 0 Å². The molecular formula is C17H15N. The lowest BCUT2D eigenvalue weighted by Gasteiger charge is -1.91. The molecule has 0 atom stereocenters. The molecule has 0 fully saturated rings. The first kappa shape index (κ1) is 12.1. The first-order valence-corrected chi connectivity index (χ1v) is 5.87. The van der Waals surface area contributed by atoms with Crippen LogP contribution in [-0.4, -0.2) is 4.98 Å². The highest BCUT2D eigenvalue weighted by atomic mass is 14.6. The average Bonchev–Trinajstić information content (AvgIpc) is 2.49. The molecule has 0 aliphatic rings. The molecule has 1 aromatic heterocycles. The molecule has 88 valence electrons. The van der Waals surface area contributed by atoms with E-state index in [9.17, 15) is 0 Å². The van der Waals surface area contributed by atoms with Crippen molar-refractivity contribution in [1.82, 2.24) is 4.98 Å². The van der Waals surface area contributed by atoms with Gasteiger partial charge in [-0.05, 0) is 17.7 Å². The maximum atomic E-state index is 4.18. The summed E-state index contributed by atoms with van der Waals surface area (Å²) in [6.45, 7) is 3.63. The Balaban J connectivity index is 0.000000138. The van der Waals surface area contributed by atoms with E-state index in [0.717, 1.165) is 5.52 Å². The van der Waals surface area contributed by atoms with Gasteiger partial charge in [-0.15, -0.1) is 0 Å². The Morgan fingerprint density at radius 1 is 0.778 bits per heavy atom. The summed E-state index contributed by atoms with van der Waals surface area (Å²) in [6.07, 6.45) is 3.64. The van der Waals surface area contributed by atoms with E-state index in [1.165, 1.54) is 10.9 Å². The van der Waals surface area contributed by atoms with E-state index >= 15 is 0 Å². The normalized spacial score (nSPS) is 9.33. The van der Waals surface area contributed by atoms with Crippen LogP contribution in [0.5, 0.6) is 0 Å². The van der Waals surface area contributed by atoms with Gasteiger partial charge in [0.2, 0.25) is 0 Å². The highest BCUT2D eigenvalue weighted by Crippen LogP contribution is 2.07. The Morgan fingerprint density at radius 3 is 2.11 bits per heavy atom. The molecule has 0 saturated heterocycles. The van der Waals surface area contributed by atoms with Gasteiger partial charge in [0.15, 0.2) is 0 Å². The van der Waals surface area contributed by atoms with Gasteiger partial charge in [0.1, 0.15) is 0 Å². The number of hydrogen-bond acceptors (Lipinski definition) is 1. The molecule has 3 rings (SSSR count). The van der Waals surface area contributed by atoms with Gasteiger partial charge in [0.25, 0.3) is 0 Å². The van der Waals surface area contributed by atoms with Crippen molar-refractivity contribution in [3.05, 3.63) is 85.1 Å². The van der Waals surface area contributed by atoms with Gasteiger partial charge in [-0.3, -0.25) is 4.98 Å². The highest BCUT2D eigenvalue weighted by Gasteiger charge is 1.86. The van der Waals surface area contributed by atoms with Crippen molar-refractivity contribution in [3.63, 3.8) is 0 Å². The van der Waals surface area contributed by atoms with Crippen LogP contribution < -0.4 is 0 Å². The standard InChI is InChI=1S/C9H7N.C8H8/c1-2-6-9-8(4-1)5-3-7-10-9;1-2-8-6-4-3-5-7-8/h1-7H;2-7H,1H2. The van der Waals surface area contributed by atoms with E-state index < -0.39 is 0 Å². The summed E-state index contributed by atoms with van der Waals surface area (Å²) < 4.78 is 0. The Kier molecular flexibility index (Phi) is 4.26. The lowest BCUT2D eigenvalue weighted by atomic mass is 10.2. The van der Waals surface area contributed by atoms with Crippen LogP contribution in [0.4, 0.5) is 0 Å². The molecule has 0 unspecified atom stereocenters. The summed E-state index contributed by atoms with van der Waals surface area (Å²) in [4.78, 5) is 4.18. The topological polar surface area (TPSA) is 12.9 Å². The summed E-state index contributed by atoms with van der Waals surface area (Å²) in [7, 11) is 0. The smallest absolute Gasteiger partial charge is 0.0701 e. The third kappa shape index (κ3) is 3.29. The van der Waals surface area contributed by atoms with Crippen molar-refractivity contribution in [2.24, 2.45) is 0 Å². The van der Waals surface area contributed by atoms with E-state index in [0.29, 0.717) is 0 Å². The molecule has 1 heteroatoms. The minimum Gasteiger partial charge on any atom is -0.256 e. The van der Waals surface area contributed by atoms with Gasteiger partial charge in [-0.2, -0.15) is 0 Å². The maximum Gasteiger partial charge on any atom is 0.0701 e. The minimum atomic E-state index is 1.06. The van der Waals surface area contributed by atoms with E-state index in [1.807, 2.05) is 66.9 Å². The number of nitrogens with zero attached hydrogens (tertiary/aromatic N) is 1. The molecule has 0 amide bonds. The second-order valence-corrected chi connectivity index (χ2v) is 3.81. The van der Waals surface area contributed by atoms with Crippen LogP contribution in [0.1, 0.15) is 5.56 Å². The third-order valence-corrected chi connectivity index (χ3v) is 2.55. The Morgan fingerprint density at radius 2 is 1.44 bits per heavy atom. The SMILES string of the molecule is C=Cc1ccccc1.c1ccc2ncccc2c1. The van der Waals surface area contributed by atoms with Crippen LogP contribution in [0, 0.1) is 0 Å². The molecule has 0 spiro atoms. The van der Waals surface area contributed by atoms with Crippen molar-refractivity contribution >= 4 is 17.0 Å². The van der Waals surface area contributed by atoms with Crippen LogP contribution in [0.15, 0.2) is 79.5 Å². The first-order chi connectivity index (χ1) is 8.90. The summed E-state index contributed by atoms with van der Waals surface area (Å²) in [5, 5.41) is 1.20. The molecule has 0 saturated carbocycles. The van der Waals surface area contributed by atoms with E-state index in [1.54, 1.807) is 0 Å². The summed E-state index contributed by atoms with van der Waals surface area (Å²) >= 11 is 0. The van der Waals surface area contributed by atoms with Crippen molar-refractivity contribution < 1.29 is 0 Å². The number of pyridine rings is 1. The van der Waals surface area contributed by atoms with Gasteiger partial charge >= 0.3 is 0 Å². The van der Waals surface area contributed by atoms with Crippen LogP contribution in [0.25, 0.3) is 17.0 Å². The van der Waals surface area contributed by atoms with E-state index in [2.05, 4.69) is 23.7 Å². The Bertz CT molecular complexity index is 549.